The minimum absolute atomic E-state index is 0.0235. The number of nitrogens with zero attached hydrogens (tertiary/aromatic N) is 1. The quantitative estimate of drug-likeness (QED) is 0.814. The lowest BCUT2D eigenvalue weighted by molar-refractivity contribution is -0.122. The highest BCUT2D eigenvalue weighted by Gasteiger charge is 2.24. The van der Waals surface area contributed by atoms with Crippen LogP contribution in [0.4, 0.5) is 0 Å². The van der Waals surface area contributed by atoms with Crippen molar-refractivity contribution in [3.8, 4) is 11.5 Å². The van der Waals surface area contributed by atoms with Crippen LogP contribution >= 0.6 is 0 Å². The molecule has 0 heterocycles. The molecular weight excluding hydrogens is 340 g/mol. The smallest absolute Gasteiger partial charge is 0.234 e. The SMILES string of the molecule is COc1ccc(CNC(=O)CN(C)[C@H]2CCCc3ccccc32)cc1OC. The zero-order valence-corrected chi connectivity index (χ0v) is 16.3. The van der Waals surface area contributed by atoms with Crippen molar-refractivity contribution >= 4 is 5.91 Å². The van der Waals surface area contributed by atoms with Crippen molar-refractivity contribution in [1.82, 2.24) is 10.2 Å². The lowest BCUT2D eigenvalue weighted by atomic mass is 9.87. The van der Waals surface area contributed by atoms with Crippen molar-refractivity contribution < 1.29 is 14.3 Å². The third kappa shape index (κ3) is 4.61. The van der Waals surface area contributed by atoms with Crippen LogP contribution in [0, 0.1) is 0 Å². The lowest BCUT2D eigenvalue weighted by Gasteiger charge is -2.32. The molecule has 1 aliphatic rings. The van der Waals surface area contributed by atoms with Crippen molar-refractivity contribution in [2.45, 2.75) is 31.8 Å². The zero-order valence-electron chi connectivity index (χ0n) is 16.3. The fourth-order valence-corrected chi connectivity index (χ4v) is 3.77. The number of carbonyl (C=O) groups is 1. The number of hydrogen-bond donors (Lipinski definition) is 1. The average Bonchev–Trinajstić information content (AvgIpc) is 2.71. The van der Waals surface area contributed by atoms with E-state index in [0.29, 0.717) is 30.6 Å². The normalized spacial score (nSPS) is 15.9. The van der Waals surface area contributed by atoms with Crippen LogP contribution in [0.25, 0.3) is 0 Å². The summed E-state index contributed by atoms with van der Waals surface area (Å²) in [7, 11) is 5.25. The molecule has 0 fully saturated rings. The van der Waals surface area contributed by atoms with Gasteiger partial charge in [-0.25, -0.2) is 0 Å². The summed E-state index contributed by atoms with van der Waals surface area (Å²) in [5, 5.41) is 3.00. The molecule has 0 bridgehead atoms. The third-order valence-corrected chi connectivity index (χ3v) is 5.20. The number of benzene rings is 2. The molecular formula is C22H28N2O3. The van der Waals surface area contributed by atoms with Crippen molar-refractivity contribution in [1.29, 1.82) is 0 Å². The summed E-state index contributed by atoms with van der Waals surface area (Å²) in [5.41, 5.74) is 3.75. The monoisotopic (exact) mass is 368 g/mol. The predicted molar refractivity (Wildman–Crippen MR) is 106 cm³/mol. The van der Waals surface area contributed by atoms with E-state index in [4.69, 9.17) is 9.47 Å². The van der Waals surface area contributed by atoms with Crippen LogP contribution in [-0.2, 0) is 17.8 Å². The topological polar surface area (TPSA) is 50.8 Å². The number of ether oxygens (including phenoxy) is 2. The number of nitrogens with one attached hydrogen (secondary N) is 1. The number of aryl methyl sites for hydroxylation is 1. The fraction of sp³-hybridized carbons (Fsp3) is 0.409. The Morgan fingerprint density at radius 3 is 2.70 bits per heavy atom. The minimum atomic E-state index is 0.0235. The van der Waals surface area contributed by atoms with Gasteiger partial charge >= 0.3 is 0 Å². The van der Waals surface area contributed by atoms with Crippen molar-refractivity contribution in [3.63, 3.8) is 0 Å². The first-order valence-corrected chi connectivity index (χ1v) is 9.38. The number of likely N-dealkylation sites (N-methyl/N-ethyl adjacent to an activating group) is 1. The van der Waals surface area contributed by atoms with E-state index in [0.717, 1.165) is 18.4 Å². The molecule has 2 aromatic carbocycles. The van der Waals surface area contributed by atoms with Gasteiger partial charge in [0.1, 0.15) is 0 Å². The van der Waals surface area contributed by atoms with Crippen LogP contribution in [0.5, 0.6) is 11.5 Å². The van der Waals surface area contributed by atoms with E-state index in [1.807, 2.05) is 25.2 Å². The summed E-state index contributed by atoms with van der Waals surface area (Å²) < 4.78 is 10.6. The van der Waals surface area contributed by atoms with E-state index in [-0.39, 0.29) is 5.91 Å². The van der Waals surface area contributed by atoms with Crippen LogP contribution < -0.4 is 14.8 Å². The van der Waals surface area contributed by atoms with Gasteiger partial charge in [-0.3, -0.25) is 9.69 Å². The van der Waals surface area contributed by atoms with E-state index in [1.165, 1.54) is 17.5 Å². The number of fused-ring (bicyclic) bond motifs is 1. The van der Waals surface area contributed by atoms with E-state index >= 15 is 0 Å². The summed E-state index contributed by atoms with van der Waals surface area (Å²) in [6.45, 7) is 0.848. The van der Waals surface area contributed by atoms with Crippen LogP contribution in [0.3, 0.4) is 0 Å². The number of rotatable bonds is 7. The molecule has 0 aromatic heterocycles. The largest absolute Gasteiger partial charge is 0.493 e. The molecule has 27 heavy (non-hydrogen) atoms. The molecule has 1 N–H and O–H groups in total. The standard InChI is InChI=1S/C22H28N2O3/c1-24(19-10-6-8-17-7-4-5-9-18(17)19)15-22(25)23-14-16-11-12-20(26-2)21(13-16)27-3/h4-5,7,9,11-13,19H,6,8,10,14-15H2,1-3H3,(H,23,25)/t19-/m0/s1. The minimum Gasteiger partial charge on any atom is -0.493 e. The van der Waals surface area contributed by atoms with Gasteiger partial charge in [0, 0.05) is 12.6 Å². The highest BCUT2D eigenvalue weighted by molar-refractivity contribution is 5.78. The molecule has 1 atom stereocenters. The Kier molecular flexibility index (Phi) is 6.35. The van der Waals surface area contributed by atoms with Crippen LogP contribution in [0.2, 0.25) is 0 Å². The second kappa shape index (κ2) is 8.91. The van der Waals surface area contributed by atoms with E-state index in [9.17, 15) is 4.79 Å². The van der Waals surface area contributed by atoms with Gasteiger partial charge in [0.15, 0.2) is 11.5 Å². The highest BCUT2D eigenvalue weighted by Crippen LogP contribution is 2.33. The van der Waals surface area contributed by atoms with Gasteiger partial charge in [0.05, 0.1) is 20.8 Å². The van der Waals surface area contributed by atoms with E-state index in [1.54, 1.807) is 14.2 Å². The Morgan fingerprint density at radius 2 is 1.93 bits per heavy atom. The van der Waals surface area contributed by atoms with Gasteiger partial charge in [0.25, 0.3) is 0 Å². The Bertz CT molecular complexity index is 791. The predicted octanol–water partition coefficient (Wildman–Crippen LogP) is 3.33. The summed E-state index contributed by atoms with van der Waals surface area (Å²) in [4.78, 5) is 14.6. The molecule has 0 radical (unpaired) electrons. The first kappa shape index (κ1) is 19.2. The van der Waals surface area contributed by atoms with Gasteiger partial charge in [-0.2, -0.15) is 0 Å². The van der Waals surface area contributed by atoms with Crippen LogP contribution in [0.15, 0.2) is 42.5 Å². The van der Waals surface area contributed by atoms with Crippen LogP contribution in [0.1, 0.15) is 35.6 Å². The highest BCUT2D eigenvalue weighted by atomic mass is 16.5. The molecule has 5 nitrogen and oxygen atoms in total. The van der Waals surface area contributed by atoms with Crippen molar-refractivity contribution in [2.75, 3.05) is 27.8 Å². The van der Waals surface area contributed by atoms with Gasteiger partial charge in [-0.1, -0.05) is 30.3 Å². The van der Waals surface area contributed by atoms with Crippen molar-refractivity contribution in [2.24, 2.45) is 0 Å². The first-order chi connectivity index (χ1) is 13.1. The molecule has 3 rings (SSSR count). The molecule has 144 valence electrons. The zero-order chi connectivity index (χ0) is 19.2. The molecule has 2 aromatic rings. The van der Waals surface area contributed by atoms with Crippen LogP contribution in [-0.4, -0.2) is 38.6 Å². The molecule has 0 aliphatic heterocycles. The maximum atomic E-state index is 12.5. The lowest BCUT2D eigenvalue weighted by Crippen LogP contribution is -2.37. The first-order valence-electron chi connectivity index (χ1n) is 9.38. The number of amides is 1. The Morgan fingerprint density at radius 1 is 1.15 bits per heavy atom. The maximum Gasteiger partial charge on any atom is 0.234 e. The van der Waals surface area contributed by atoms with Gasteiger partial charge < -0.3 is 14.8 Å². The Labute approximate surface area is 161 Å². The van der Waals surface area contributed by atoms with Gasteiger partial charge in [0.2, 0.25) is 5.91 Å². The summed E-state index contributed by atoms with van der Waals surface area (Å²) in [6.07, 6.45) is 3.39. The fourth-order valence-electron chi connectivity index (χ4n) is 3.77. The molecule has 1 amide bonds. The average molecular weight is 368 g/mol. The second-order valence-corrected chi connectivity index (χ2v) is 6.99. The summed E-state index contributed by atoms with van der Waals surface area (Å²) in [5.74, 6) is 1.37. The molecule has 0 spiro atoms. The molecule has 1 aliphatic carbocycles. The molecule has 0 saturated carbocycles. The van der Waals surface area contributed by atoms with Crippen molar-refractivity contribution in [3.05, 3.63) is 59.2 Å². The second-order valence-electron chi connectivity index (χ2n) is 6.99. The number of carbonyl (C=O) groups excluding carboxylic acids is 1. The summed E-state index contributed by atoms with van der Waals surface area (Å²) >= 11 is 0. The Hall–Kier alpha value is -2.53. The van der Waals surface area contributed by atoms with E-state index < -0.39 is 0 Å². The maximum absolute atomic E-state index is 12.5. The van der Waals surface area contributed by atoms with E-state index in [2.05, 4.69) is 34.5 Å². The third-order valence-electron chi connectivity index (χ3n) is 5.20. The molecule has 5 heteroatoms. The summed E-state index contributed by atoms with van der Waals surface area (Å²) in [6, 6.07) is 14.6. The van der Waals surface area contributed by atoms with Gasteiger partial charge in [-0.15, -0.1) is 0 Å². The number of methoxy groups -OCH3 is 2. The van der Waals surface area contributed by atoms with Gasteiger partial charge in [-0.05, 0) is 55.1 Å². The molecule has 0 unspecified atom stereocenters. The number of hydrogen-bond acceptors (Lipinski definition) is 4. The molecule has 0 saturated heterocycles. The Balaban J connectivity index is 1.57.